The third-order valence-corrected chi connectivity index (χ3v) is 3.78. The van der Waals surface area contributed by atoms with Gasteiger partial charge in [-0.15, -0.1) is 0 Å². The molecular formula is C13H20BrN3. The number of benzene rings is 1. The minimum absolute atomic E-state index is 0.367. The molecule has 94 valence electrons. The molecule has 0 bridgehead atoms. The van der Waals surface area contributed by atoms with Crippen LogP contribution in [0.4, 0.5) is 0 Å². The van der Waals surface area contributed by atoms with Crippen molar-refractivity contribution in [1.29, 1.82) is 0 Å². The third kappa shape index (κ3) is 3.78. The molecule has 1 aromatic rings. The molecule has 0 radical (unpaired) electrons. The Kier molecular flexibility index (Phi) is 4.56. The fraction of sp³-hybridized carbons (Fsp3) is 0.538. The van der Waals surface area contributed by atoms with Gasteiger partial charge in [-0.25, -0.2) is 10.4 Å². The Bertz CT molecular complexity index is 344. The zero-order valence-electron chi connectivity index (χ0n) is 10.5. The molecule has 3 nitrogen and oxygen atoms in total. The molecule has 2 rings (SSSR count). The lowest BCUT2D eigenvalue weighted by Crippen LogP contribution is -2.51. The Balaban J connectivity index is 1.88. The van der Waals surface area contributed by atoms with Crippen LogP contribution < -0.4 is 5.43 Å². The predicted octanol–water partition coefficient (Wildman–Crippen LogP) is 2.26. The standard InChI is InChI=1S/C13H20BrN3/c1-11(12-3-5-13(14)6-4-12)15-17-9-7-16(2)8-10-17/h3-6,11,15H,7-10H2,1-2H3. The maximum absolute atomic E-state index is 3.57. The van der Waals surface area contributed by atoms with Gasteiger partial charge in [0.2, 0.25) is 0 Å². The van der Waals surface area contributed by atoms with E-state index >= 15 is 0 Å². The molecule has 1 saturated heterocycles. The zero-order chi connectivity index (χ0) is 12.3. The van der Waals surface area contributed by atoms with Gasteiger partial charge in [0, 0.05) is 36.7 Å². The van der Waals surface area contributed by atoms with Gasteiger partial charge < -0.3 is 4.90 Å². The SMILES string of the molecule is CC(NN1CCN(C)CC1)c1ccc(Br)cc1. The first kappa shape index (κ1) is 13.0. The van der Waals surface area contributed by atoms with Crippen molar-refractivity contribution in [2.45, 2.75) is 13.0 Å². The second-order valence-electron chi connectivity index (χ2n) is 4.69. The summed E-state index contributed by atoms with van der Waals surface area (Å²) in [6.07, 6.45) is 0. The number of hydrazine groups is 1. The summed E-state index contributed by atoms with van der Waals surface area (Å²) < 4.78 is 1.13. The summed E-state index contributed by atoms with van der Waals surface area (Å²) in [7, 11) is 2.18. The molecule has 4 heteroatoms. The summed E-state index contributed by atoms with van der Waals surface area (Å²) in [6.45, 7) is 6.68. The Morgan fingerprint density at radius 3 is 2.29 bits per heavy atom. The number of hydrogen-bond acceptors (Lipinski definition) is 3. The highest BCUT2D eigenvalue weighted by atomic mass is 79.9. The smallest absolute Gasteiger partial charge is 0.0436 e. The largest absolute Gasteiger partial charge is 0.304 e. The van der Waals surface area contributed by atoms with E-state index < -0.39 is 0 Å². The van der Waals surface area contributed by atoms with Crippen LogP contribution in [0, 0.1) is 0 Å². The van der Waals surface area contributed by atoms with Crippen LogP contribution in [0.25, 0.3) is 0 Å². The Hall–Kier alpha value is -0.420. The Labute approximate surface area is 112 Å². The lowest BCUT2D eigenvalue weighted by molar-refractivity contribution is 0.0899. The summed E-state index contributed by atoms with van der Waals surface area (Å²) >= 11 is 3.46. The van der Waals surface area contributed by atoms with E-state index in [4.69, 9.17) is 0 Å². The van der Waals surface area contributed by atoms with Gasteiger partial charge in [0.05, 0.1) is 0 Å². The molecule has 17 heavy (non-hydrogen) atoms. The minimum atomic E-state index is 0.367. The second-order valence-corrected chi connectivity index (χ2v) is 5.61. The van der Waals surface area contributed by atoms with Gasteiger partial charge in [-0.05, 0) is 31.7 Å². The monoisotopic (exact) mass is 297 g/mol. The summed E-state index contributed by atoms with van der Waals surface area (Å²) in [5.41, 5.74) is 4.89. The van der Waals surface area contributed by atoms with Gasteiger partial charge in [0.1, 0.15) is 0 Å². The number of halogens is 1. The average Bonchev–Trinajstić information content (AvgIpc) is 2.33. The van der Waals surface area contributed by atoms with E-state index in [0.717, 1.165) is 30.7 Å². The number of nitrogens with zero attached hydrogens (tertiary/aromatic N) is 2. The molecule has 0 aliphatic carbocycles. The van der Waals surface area contributed by atoms with Crippen LogP contribution in [-0.2, 0) is 0 Å². The van der Waals surface area contributed by atoms with Crippen molar-refractivity contribution in [3.63, 3.8) is 0 Å². The lowest BCUT2D eigenvalue weighted by Gasteiger charge is -2.34. The topological polar surface area (TPSA) is 18.5 Å². The first-order valence-corrected chi connectivity index (χ1v) is 6.89. The highest BCUT2D eigenvalue weighted by Gasteiger charge is 2.15. The van der Waals surface area contributed by atoms with Crippen molar-refractivity contribution < 1.29 is 0 Å². The third-order valence-electron chi connectivity index (χ3n) is 3.25. The van der Waals surface area contributed by atoms with Crippen molar-refractivity contribution in [3.8, 4) is 0 Å². The number of hydrogen-bond donors (Lipinski definition) is 1. The molecule has 1 N–H and O–H groups in total. The highest BCUT2D eigenvalue weighted by Crippen LogP contribution is 2.17. The van der Waals surface area contributed by atoms with Crippen LogP contribution >= 0.6 is 15.9 Å². The first-order valence-electron chi connectivity index (χ1n) is 6.10. The van der Waals surface area contributed by atoms with Crippen LogP contribution in [0.2, 0.25) is 0 Å². The van der Waals surface area contributed by atoms with Gasteiger partial charge in [0.25, 0.3) is 0 Å². The van der Waals surface area contributed by atoms with Gasteiger partial charge in [0.15, 0.2) is 0 Å². The van der Waals surface area contributed by atoms with E-state index in [9.17, 15) is 0 Å². The number of likely N-dealkylation sites (N-methyl/N-ethyl adjacent to an activating group) is 1. The van der Waals surface area contributed by atoms with Crippen LogP contribution in [-0.4, -0.2) is 43.1 Å². The van der Waals surface area contributed by atoms with Gasteiger partial charge in [-0.2, -0.15) is 0 Å². The van der Waals surface area contributed by atoms with E-state index in [-0.39, 0.29) is 0 Å². The fourth-order valence-corrected chi connectivity index (χ4v) is 2.30. The van der Waals surface area contributed by atoms with E-state index in [0.29, 0.717) is 6.04 Å². The molecule has 0 saturated carbocycles. The van der Waals surface area contributed by atoms with Crippen LogP contribution in [0.3, 0.4) is 0 Å². The van der Waals surface area contributed by atoms with E-state index in [1.165, 1.54) is 5.56 Å². The average molecular weight is 298 g/mol. The van der Waals surface area contributed by atoms with Gasteiger partial charge in [-0.1, -0.05) is 28.1 Å². The summed E-state index contributed by atoms with van der Waals surface area (Å²) in [5, 5.41) is 2.33. The molecule has 1 aromatic carbocycles. The Morgan fingerprint density at radius 2 is 1.71 bits per heavy atom. The molecule has 0 amide bonds. The van der Waals surface area contributed by atoms with E-state index in [1.54, 1.807) is 0 Å². The maximum Gasteiger partial charge on any atom is 0.0436 e. The number of rotatable bonds is 3. The molecule has 0 spiro atoms. The van der Waals surface area contributed by atoms with Crippen molar-refractivity contribution in [2.75, 3.05) is 33.2 Å². The molecular weight excluding hydrogens is 278 g/mol. The van der Waals surface area contributed by atoms with Gasteiger partial charge in [-0.3, -0.25) is 0 Å². The second kappa shape index (κ2) is 5.96. The molecule has 1 aliphatic heterocycles. The van der Waals surface area contributed by atoms with Crippen molar-refractivity contribution in [3.05, 3.63) is 34.3 Å². The number of nitrogens with one attached hydrogen (secondary N) is 1. The highest BCUT2D eigenvalue weighted by molar-refractivity contribution is 9.10. The van der Waals surface area contributed by atoms with E-state index in [2.05, 4.69) is 69.5 Å². The molecule has 1 fully saturated rings. The first-order chi connectivity index (χ1) is 8.15. The molecule has 1 aliphatic rings. The Morgan fingerprint density at radius 1 is 1.12 bits per heavy atom. The zero-order valence-corrected chi connectivity index (χ0v) is 12.1. The fourth-order valence-electron chi connectivity index (χ4n) is 2.04. The maximum atomic E-state index is 3.57. The summed E-state index contributed by atoms with van der Waals surface area (Å²) in [5.74, 6) is 0. The summed E-state index contributed by atoms with van der Waals surface area (Å²) in [4.78, 5) is 2.36. The molecule has 1 unspecified atom stereocenters. The summed E-state index contributed by atoms with van der Waals surface area (Å²) in [6, 6.07) is 8.89. The molecule has 1 atom stereocenters. The lowest BCUT2D eigenvalue weighted by atomic mass is 10.1. The van der Waals surface area contributed by atoms with Crippen molar-refractivity contribution >= 4 is 15.9 Å². The minimum Gasteiger partial charge on any atom is -0.304 e. The van der Waals surface area contributed by atoms with Crippen molar-refractivity contribution in [1.82, 2.24) is 15.3 Å². The normalized spacial score (nSPS) is 20.4. The molecule has 0 aromatic heterocycles. The predicted molar refractivity (Wildman–Crippen MR) is 74.8 cm³/mol. The quantitative estimate of drug-likeness (QED) is 0.923. The van der Waals surface area contributed by atoms with Crippen LogP contribution in [0.1, 0.15) is 18.5 Å². The van der Waals surface area contributed by atoms with Gasteiger partial charge >= 0.3 is 0 Å². The van der Waals surface area contributed by atoms with Crippen LogP contribution in [0.5, 0.6) is 0 Å². The molecule has 1 heterocycles. The van der Waals surface area contributed by atoms with Crippen LogP contribution in [0.15, 0.2) is 28.7 Å². The van der Waals surface area contributed by atoms with E-state index in [1.807, 2.05) is 0 Å². The van der Waals surface area contributed by atoms with Crippen molar-refractivity contribution in [2.24, 2.45) is 0 Å². The number of piperazine rings is 1.